The number of hydrogen-bond donors (Lipinski definition) is 1. The van der Waals surface area contributed by atoms with Crippen LogP contribution in [-0.4, -0.2) is 24.9 Å². The van der Waals surface area contributed by atoms with Crippen molar-refractivity contribution in [2.45, 2.75) is 17.6 Å². The lowest BCUT2D eigenvalue weighted by molar-refractivity contribution is 0.0827. The zero-order chi connectivity index (χ0) is 15.4. The Balaban J connectivity index is 2.18. The zero-order valence-electron chi connectivity index (χ0n) is 12.6. The molecule has 0 aliphatic rings. The van der Waals surface area contributed by atoms with Crippen LogP contribution in [0.2, 0.25) is 0 Å². The predicted molar refractivity (Wildman–Crippen MR) is 89.6 cm³/mol. The van der Waals surface area contributed by atoms with E-state index in [1.54, 1.807) is 42.9 Å². The van der Waals surface area contributed by atoms with Gasteiger partial charge in [-0.2, -0.15) is 0 Å². The number of aryl methyl sites for hydroxylation is 1. The molecule has 0 fully saturated rings. The Bertz CT molecular complexity index is 653. The van der Waals surface area contributed by atoms with Crippen LogP contribution in [0.15, 0.2) is 47.4 Å². The molecule has 21 heavy (non-hydrogen) atoms. The van der Waals surface area contributed by atoms with Gasteiger partial charge >= 0.3 is 0 Å². The number of amides is 1. The van der Waals surface area contributed by atoms with Gasteiger partial charge in [0.25, 0.3) is 5.91 Å². The molecule has 0 aliphatic carbocycles. The summed E-state index contributed by atoms with van der Waals surface area (Å²) >= 11 is 1.66. The highest BCUT2D eigenvalue weighted by Crippen LogP contribution is 2.30. The summed E-state index contributed by atoms with van der Waals surface area (Å²) in [5, 5.41) is 0. The SMILES string of the molecule is Cc1ccccc1CSc1cc(C(=O)N(C)C)ccc1N. The molecule has 3 nitrogen and oxygen atoms in total. The topological polar surface area (TPSA) is 46.3 Å². The van der Waals surface area contributed by atoms with Crippen molar-refractivity contribution in [3.05, 3.63) is 59.2 Å². The van der Waals surface area contributed by atoms with E-state index in [4.69, 9.17) is 5.73 Å². The van der Waals surface area contributed by atoms with Crippen LogP contribution in [0.5, 0.6) is 0 Å². The third kappa shape index (κ3) is 3.79. The summed E-state index contributed by atoms with van der Waals surface area (Å²) in [5.41, 5.74) is 9.95. The molecule has 0 atom stereocenters. The number of carbonyl (C=O) groups is 1. The summed E-state index contributed by atoms with van der Waals surface area (Å²) in [4.78, 5) is 14.5. The fraction of sp³-hybridized carbons (Fsp3) is 0.235. The van der Waals surface area contributed by atoms with Crippen LogP contribution in [0.3, 0.4) is 0 Å². The van der Waals surface area contributed by atoms with Crippen molar-refractivity contribution in [3.63, 3.8) is 0 Å². The lowest BCUT2D eigenvalue weighted by Gasteiger charge is -2.13. The summed E-state index contributed by atoms with van der Waals surface area (Å²) in [5.74, 6) is 0.837. The van der Waals surface area contributed by atoms with Gasteiger partial charge in [-0.05, 0) is 36.2 Å². The van der Waals surface area contributed by atoms with E-state index in [0.717, 1.165) is 10.6 Å². The van der Waals surface area contributed by atoms with E-state index >= 15 is 0 Å². The van der Waals surface area contributed by atoms with Gasteiger partial charge in [0, 0.05) is 36.0 Å². The minimum absolute atomic E-state index is 0.00672. The minimum atomic E-state index is -0.00672. The van der Waals surface area contributed by atoms with Gasteiger partial charge in [0.1, 0.15) is 0 Å². The Morgan fingerprint density at radius 3 is 2.57 bits per heavy atom. The van der Waals surface area contributed by atoms with Crippen LogP contribution in [0.4, 0.5) is 5.69 Å². The van der Waals surface area contributed by atoms with Crippen molar-refractivity contribution in [2.24, 2.45) is 0 Å². The maximum atomic E-state index is 12.0. The van der Waals surface area contributed by atoms with Crippen molar-refractivity contribution in [3.8, 4) is 0 Å². The van der Waals surface area contributed by atoms with E-state index in [-0.39, 0.29) is 5.91 Å². The third-order valence-corrected chi connectivity index (χ3v) is 4.43. The van der Waals surface area contributed by atoms with Gasteiger partial charge in [0.15, 0.2) is 0 Å². The highest BCUT2D eigenvalue weighted by atomic mass is 32.2. The van der Waals surface area contributed by atoms with Crippen molar-refractivity contribution >= 4 is 23.4 Å². The van der Waals surface area contributed by atoms with Crippen molar-refractivity contribution < 1.29 is 4.79 Å². The average Bonchev–Trinajstić information content (AvgIpc) is 2.47. The highest BCUT2D eigenvalue weighted by Gasteiger charge is 2.11. The van der Waals surface area contributed by atoms with Gasteiger partial charge in [-0.25, -0.2) is 0 Å². The molecule has 2 N–H and O–H groups in total. The van der Waals surface area contributed by atoms with Gasteiger partial charge in [0.05, 0.1) is 0 Å². The van der Waals surface area contributed by atoms with Gasteiger partial charge < -0.3 is 10.6 Å². The van der Waals surface area contributed by atoms with Crippen molar-refractivity contribution in [1.82, 2.24) is 4.90 Å². The standard InChI is InChI=1S/C17H20N2OS/c1-12-6-4-5-7-14(12)11-21-16-10-13(8-9-15(16)18)17(20)19(2)3/h4-10H,11,18H2,1-3H3. The van der Waals surface area contributed by atoms with Crippen molar-refractivity contribution in [2.75, 3.05) is 19.8 Å². The summed E-state index contributed by atoms with van der Waals surface area (Å²) < 4.78 is 0. The molecule has 0 bridgehead atoms. The number of nitrogen functional groups attached to an aromatic ring is 1. The Labute approximate surface area is 130 Å². The van der Waals surface area contributed by atoms with Gasteiger partial charge in [-0.15, -0.1) is 11.8 Å². The number of thioether (sulfide) groups is 1. The number of benzene rings is 2. The Kier molecular flexibility index (Phi) is 4.91. The average molecular weight is 300 g/mol. The summed E-state index contributed by atoms with van der Waals surface area (Å²) in [6, 6.07) is 13.7. The van der Waals surface area contributed by atoms with E-state index in [1.807, 2.05) is 18.2 Å². The van der Waals surface area contributed by atoms with Crippen LogP contribution < -0.4 is 5.73 Å². The molecule has 1 amide bonds. The number of nitrogens with two attached hydrogens (primary N) is 1. The first-order chi connectivity index (χ1) is 9.99. The molecule has 0 saturated carbocycles. The molecule has 110 valence electrons. The lowest BCUT2D eigenvalue weighted by Crippen LogP contribution is -2.21. The summed E-state index contributed by atoms with van der Waals surface area (Å²) in [6.45, 7) is 2.10. The quantitative estimate of drug-likeness (QED) is 0.693. The maximum absolute atomic E-state index is 12.0. The number of carbonyl (C=O) groups excluding carboxylic acids is 1. The Hall–Kier alpha value is -1.94. The first kappa shape index (κ1) is 15.4. The maximum Gasteiger partial charge on any atom is 0.253 e. The van der Waals surface area contributed by atoms with E-state index in [0.29, 0.717) is 11.3 Å². The molecule has 0 spiro atoms. The van der Waals surface area contributed by atoms with Crippen LogP contribution in [0.25, 0.3) is 0 Å². The fourth-order valence-electron chi connectivity index (χ4n) is 1.98. The molecule has 0 unspecified atom stereocenters. The van der Waals surface area contributed by atoms with E-state index < -0.39 is 0 Å². The molecule has 4 heteroatoms. The van der Waals surface area contributed by atoms with Crippen molar-refractivity contribution in [1.29, 1.82) is 0 Å². The largest absolute Gasteiger partial charge is 0.398 e. The molecule has 0 aliphatic heterocycles. The summed E-state index contributed by atoms with van der Waals surface area (Å²) in [7, 11) is 3.50. The second-order valence-electron chi connectivity index (χ2n) is 5.17. The molecule has 0 heterocycles. The number of nitrogens with zero attached hydrogens (tertiary/aromatic N) is 1. The first-order valence-electron chi connectivity index (χ1n) is 6.77. The molecule has 0 aromatic heterocycles. The van der Waals surface area contributed by atoms with Crippen LogP contribution >= 0.6 is 11.8 Å². The molecule has 2 aromatic rings. The van der Waals surface area contributed by atoms with E-state index in [9.17, 15) is 4.79 Å². The predicted octanol–water partition coefficient (Wildman–Crippen LogP) is 3.57. The molecular formula is C17H20N2OS. The Morgan fingerprint density at radius 1 is 1.19 bits per heavy atom. The lowest BCUT2D eigenvalue weighted by atomic mass is 10.1. The van der Waals surface area contributed by atoms with Crippen LogP contribution in [0, 0.1) is 6.92 Å². The van der Waals surface area contributed by atoms with Gasteiger partial charge in [0.2, 0.25) is 0 Å². The smallest absolute Gasteiger partial charge is 0.253 e. The van der Waals surface area contributed by atoms with Gasteiger partial charge in [-0.3, -0.25) is 4.79 Å². The Morgan fingerprint density at radius 2 is 1.90 bits per heavy atom. The molecular weight excluding hydrogens is 280 g/mol. The normalized spacial score (nSPS) is 10.4. The first-order valence-corrected chi connectivity index (χ1v) is 7.76. The van der Waals surface area contributed by atoms with Gasteiger partial charge in [-0.1, -0.05) is 24.3 Å². The highest BCUT2D eigenvalue weighted by molar-refractivity contribution is 7.98. The number of anilines is 1. The van der Waals surface area contributed by atoms with Crippen LogP contribution in [0.1, 0.15) is 21.5 Å². The molecule has 0 saturated heterocycles. The second-order valence-corrected chi connectivity index (χ2v) is 6.18. The second kappa shape index (κ2) is 6.68. The zero-order valence-corrected chi connectivity index (χ0v) is 13.4. The minimum Gasteiger partial charge on any atom is -0.398 e. The molecule has 2 rings (SSSR count). The van der Waals surface area contributed by atoms with E-state index in [1.165, 1.54) is 11.1 Å². The number of rotatable bonds is 4. The third-order valence-electron chi connectivity index (χ3n) is 3.31. The fourth-order valence-corrected chi connectivity index (χ4v) is 3.06. The van der Waals surface area contributed by atoms with Crippen LogP contribution in [-0.2, 0) is 5.75 Å². The van der Waals surface area contributed by atoms with E-state index in [2.05, 4.69) is 19.1 Å². The number of hydrogen-bond acceptors (Lipinski definition) is 3. The molecule has 0 radical (unpaired) electrons. The summed E-state index contributed by atoms with van der Waals surface area (Å²) in [6.07, 6.45) is 0. The molecule has 2 aromatic carbocycles. The monoisotopic (exact) mass is 300 g/mol.